The first-order valence-corrected chi connectivity index (χ1v) is 6.50. The quantitative estimate of drug-likeness (QED) is 0.834. The van der Waals surface area contributed by atoms with Crippen molar-refractivity contribution in [2.75, 3.05) is 13.2 Å². The van der Waals surface area contributed by atoms with Crippen molar-refractivity contribution in [1.82, 2.24) is 14.8 Å². The summed E-state index contributed by atoms with van der Waals surface area (Å²) >= 11 is 0. The molecule has 94 valence electrons. The third-order valence-corrected chi connectivity index (χ3v) is 3.81. The van der Waals surface area contributed by atoms with Crippen LogP contribution in [0.25, 0.3) is 0 Å². The zero-order valence-electron chi connectivity index (χ0n) is 10.0. The Labute approximate surface area is 101 Å². The minimum atomic E-state index is 0.261. The minimum Gasteiger partial charge on any atom is -0.396 e. The van der Waals surface area contributed by atoms with Crippen LogP contribution in [0.3, 0.4) is 0 Å². The number of aryl methyl sites for hydroxylation is 1. The van der Waals surface area contributed by atoms with Crippen LogP contribution < -0.4 is 0 Å². The molecule has 5 nitrogen and oxygen atoms in total. The Balaban J connectivity index is 1.74. The molecule has 2 aliphatic rings. The first-order chi connectivity index (χ1) is 8.36. The van der Waals surface area contributed by atoms with Gasteiger partial charge in [0.15, 0.2) is 0 Å². The molecule has 0 aliphatic carbocycles. The number of rotatable bonds is 3. The summed E-state index contributed by atoms with van der Waals surface area (Å²) in [5.74, 6) is 2.47. The normalized spacial score (nSPS) is 28.3. The standard InChI is InChI=1S/C12H19N3O2/c16-8-9-3-4-11-13-14-12(15(11)7-9)6-10-2-1-5-17-10/h9-10,16H,1-8H2. The average molecular weight is 237 g/mol. The van der Waals surface area contributed by atoms with Crippen LogP contribution in [0.4, 0.5) is 0 Å². The van der Waals surface area contributed by atoms with E-state index in [9.17, 15) is 5.11 Å². The van der Waals surface area contributed by atoms with E-state index in [4.69, 9.17) is 4.74 Å². The molecule has 1 fully saturated rings. The van der Waals surface area contributed by atoms with Crippen LogP contribution in [0.1, 0.15) is 30.9 Å². The number of nitrogens with zero attached hydrogens (tertiary/aromatic N) is 3. The number of hydrogen-bond acceptors (Lipinski definition) is 4. The molecule has 1 aromatic heterocycles. The maximum Gasteiger partial charge on any atom is 0.135 e. The molecule has 2 atom stereocenters. The molecule has 0 saturated carbocycles. The zero-order valence-corrected chi connectivity index (χ0v) is 10.0. The highest BCUT2D eigenvalue weighted by Gasteiger charge is 2.25. The summed E-state index contributed by atoms with van der Waals surface area (Å²) in [5.41, 5.74) is 0. The van der Waals surface area contributed by atoms with Crippen LogP contribution in [-0.2, 0) is 24.1 Å². The number of ether oxygens (including phenoxy) is 1. The Morgan fingerprint density at radius 1 is 1.35 bits per heavy atom. The molecule has 2 unspecified atom stereocenters. The molecule has 0 radical (unpaired) electrons. The summed E-state index contributed by atoms with van der Waals surface area (Å²) in [5, 5.41) is 17.8. The fourth-order valence-electron chi connectivity index (χ4n) is 2.76. The summed E-state index contributed by atoms with van der Waals surface area (Å²) in [6.45, 7) is 2.00. The maximum absolute atomic E-state index is 9.25. The largest absolute Gasteiger partial charge is 0.396 e. The third kappa shape index (κ3) is 2.21. The van der Waals surface area contributed by atoms with Crippen molar-refractivity contribution in [3.63, 3.8) is 0 Å². The van der Waals surface area contributed by atoms with E-state index in [2.05, 4.69) is 14.8 Å². The van der Waals surface area contributed by atoms with Gasteiger partial charge in [-0.1, -0.05) is 0 Å². The van der Waals surface area contributed by atoms with Gasteiger partial charge >= 0.3 is 0 Å². The van der Waals surface area contributed by atoms with E-state index < -0.39 is 0 Å². The lowest BCUT2D eigenvalue weighted by Crippen LogP contribution is -2.25. The lowest BCUT2D eigenvalue weighted by molar-refractivity contribution is 0.108. The number of hydrogen-bond donors (Lipinski definition) is 1. The van der Waals surface area contributed by atoms with Crippen molar-refractivity contribution < 1.29 is 9.84 Å². The summed E-state index contributed by atoms with van der Waals surface area (Å²) in [6, 6.07) is 0. The molecule has 0 amide bonds. The first kappa shape index (κ1) is 11.2. The summed E-state index contributed by atoms with van der Waals surface area (Å²) in [7, 11) is 0. The van der Waals surface area contributed by atoms with E-state index in [1.807, 2.05) is 0 Å². The molecule has 2 aliphatic heterocycles. The predicted molar refractivity (Wildman–Crippen MR) is 61.6 cm³/mol. The highest BCUT2D eigenvalue weighted by atomic mass is 16.5. The van der Waals surface area contributed by atoms with Gasteiger partial charge in [0.05, 0.1) is 6.10 Å². The Hall–Kier alpha value is -0.940. The molecular weight excluding hydrogens is 218 g/mol. The SMILES string of the molecule is OCC1CCc2nnc(CC3CCCO3)n2C1. The van der Waals surface area contributed by atoms with Gasteiger partial charge in [-0.2, -0.15) is 0 Å². The second kappa shape index (κ2) is 4.74. The minimum absolute atomic E-state index is 0.261. The second-order valence-corrected chi connectivity index (χ2v) is 5.07. The van der Waals surface area contributed by atoms with E-state index in [-0.39, 0.29) is 6.61 Å². The van der Waals surface area contributed by atoms with E-state index in [0.29, 0.717) is 12.0 Å². The highest BCUT2D eigenvalue weighted by molar-refractivity contribution is 5.01. The molecule has 3 rings (SSSR count). The van der Waals surface area contributed by atoms with Gasteiger partial charge in [-0.25, -0.2) is 0 Å². The zero-order chi connectivity index (χ0) is 11.7. The summed E-state index contributed by atoms with van der Waals surface area (Å²) in [4.78, 5) is 0. The van der Waals surface area contributed by atoms with Gasteiger partial charge in [-0.3, -0.25) is 0 Å². The fourth-order valence-corrected chi connectivity index (χ4v) is 2.76. The molecule has 17 heavy (non-hydrogen) atoms. The first-order valence-electron chi connectivity index (χ1n) is 6.50. The molecule has 0 aromatic carbocycles. The lowest BCUT2D eigenvalue weighted by atomic mass is 10.00. The van der Waals surface area contributed by atoms with Crippen LogP contribution in [0.15, 0.2) is 0 Å². The topological polar surface area (TPSA) is 60.2 Å². The smallest absolute Gasteiger partial charge is 0.135 e. The van der Waals surface area contributed by atoms with Crippen molar-refractivity contribution >= 4 is 0 Å². The van der Waals surface area contributed by atoms with E-state index >= 15 is 0 Å². The summed E-state index contributed by atoms with van der Waals surface area (Å²) < 4.78 is 7.83. The maximum atomic E-state index is 9.25. The molecule has 1 saturated heterocycles. The van der Waals surface area contributed by atoms with Gasteiger partial charge in [-0.15, -0.1) is 10.2 Å². The van der Waals surface area contributed by atoms with Crippen LogP contribution in [0, 0.1) is 5.92 Å². The van der Waals surface area contributed by atoms with Crippen molar-refractivity contribution in [3.8, 4) is 0 Å². The second-order valence-electron chi connectivity index (χ2n) is 5.07. The van der Waals surface area contributed by atoms with Crippen LogP contribution in [0.5, 0.6) is 0 Å². The molecular formula is C12H19N3O2. The van der Waals surface area contributed by atoms with Crippen LogP contribution in [0.2, 0.25) is 0 Å². The number of aromatic nitrogens is 3. The van der Waals surface area contributed by atoms with Gasteiger partial charge in [0.25, 0.3) is 0 Å². The van der Waals surface area contributed by atoms with Crippen molar-refractivity contribution in [2.45, 2.75) is 44.8 Å². The van der Waals surface area contributed by atoms with Crippen LogP contribution >= 0.6 is 0 Å². The monoisotopic (exact) mass is 237 g/mol. The number of fused-ring (bicyclic) bond motifs is 1. The molecule has 1 N–H and O–H groups in total. The lowest BCUT2D eigenvalue weighted by Gasteiger charge is -2.23. The highest BCUT2D eigenvalue weighted by Crippen LogP contribution is 2.22. The molecule has 1 aromatic rings. The molecule has 5 heteroatoms. The third-order valence-electron chi connectivity index (χ3n) is 3.81. The number of aliphatic hydroxyl groups is 1. The van der Waals surface area contributed by atoms with E-state index in [1.54, 1.807) is 0 Å². The Morgan fingerprint density at radius 2 is 2.29 bits per heavy atom. The Bertz CT molecular complexity index is 385. The van der Waals surface area contributed by atoms with E-state index in [0.717, 1.165) is 56.9 Å². The van der Waals surface area contributed by atoms with Crippen LogP contribution in [-0.4, -0.2) is 39.2 Å². The Kier molecular flexibility index (Phi) is 3.11. The van der Waals surface area contributed by atoms with Crippen molar-refractivity contribution in [2.24, 2.45) is 5.92 Å². The van der Waals surface area contributed by atoms with Gasteiger partial charge in [0, 0.05) is 38.5 Å². The molecule has 0 bridgehead atoms. The van der Waals surface area contributed by atoms with Crippen molar-refractivity contribution in [1.29, 1.82) is 0 Å². The van der Waals surface area contributed by atoms with Gasteiger partial charge < -0.3 is 14.4 Å². The van der Waals surface area contributed by atoms with Gasteiger partial charge in [0.2, 0.25) is 0 Å². The predicted octanol–water partition coefficient (Wildman–Crippen LogP) is 0.554. The fraction of sp³-hybridized carbons (Fsp3) is 0.833. The Morgan fingerprint density at radius 3 is 3.06 bits per heavy atom. The van der Waals surface area contributed by atoms with Gasteiger partial charge in [0.1, 0.15) is 11.6 Å². The molecule has 3 heterocycles. The average Bonchev–Trinajstić information content (AvgIpc) is 2.99. The summed E-state index contributed by atoms with van der Waals surface area (Å²) in [6.07, 6.45) is 5.43. The van der Waals surface area contributed by atoms with E-state index in [1.165, 1.54) is 0 Å². The van der Waals surface area contributed by atoms with Crippen molar-refractivity contribution in [3.05, 3.63) is 11.6 Å². The molecule has 0 spiro atoms. The van der Waals surface area contributed by atoms with Gasteiger partial charge in [-0.05, 0) is 19.3 Å². The number of aliphatic hydroxyl groups excluding tert-OH is 1.